The van der Waals surface area contributed by atoms with Gasteiger partial charge in [0.1, 0.15) is 16.0 Å². The highest BCUT2D eigenvalue weighted by atomic mass is 32.1. The van der Waals surface area contributed by atoms with E-state index in [1.807, 2.05) is 24.4 Å². The minimum atomic E-state index is 0.873. The van der Waals surface area contributed by atoms with E-state index in [2.05, 4.69) is 155 Å². The summed E-state index contributed by atoms with van der Waals surface area (Å²) in [5.41, 5.74) is 9.78. The molecule has 0 aliphatic carbocycles. The van der Waals surface area contributed by atoms with Crippen molar-refractivity contribution in [2.45, 2.75) is 0 Å². The number of nitrogens with zero attached hydrogens (tertiary/aromatic N) is 2. The summed E-state index contributed by atoms with van der Waals surface area (Å²) in [7, 11) is 0. The van der Waals surface area contributed by atoms with Crippen LogP contribution < -0.4 is 4.90 Å². The Morgan fingerprint density at radius 3 is 2.02 bits per heavy atom. The predicted molar refractivity (Wildman–Crippen MR) is 207 cm³/mol. The molecule has 0 fully saturated rings. The Morgan fingerprint density at radius 1 is 0.490 bits per heavy atom. The van der Waals surface area contributed by atoms with Gasteiger partial charge >= 0.3 is 0 Å². The number of thiophene rings is 1. The number of para-hydroxylation sites is 1. The van der Waals surface area contributed by atoms with Crippen LogP contribution in [-0.4, -0.2) is 4.98 Å². The van der Waals surface area contributed by atoms with E-state index in [4.69, 9.17) is 4.42 Å². The molecule has 0 unspecified atom stereocenters. The van der Waals surface area contributed by atoms with Crippen LogP contribution in [0.15, 0.2) is 174 Å². The fraction of sp³-hybridized carbons (Fsp3) is 0. The number of fused-ring (bicyclic) bond motifs is 7. The highest BCUT2D eigenvalue weighted by Gasteiger charge is 2.20. The number of pyridine rings is 1. The highest BCUT2D eigenvalue weighted by Crippen LogP contribution is 2.44. The molecule has 0 aliphatic heterocycles. The summed E-state index contributed by atoms with van der Waals surface area (Å²) in [5, 5.41) is 7.15. The van der Waals surface area contributed by atoms with Crippen molar-refractivity contribution >= 4 is 81.4 Å². The van der Waals surface area contributed by atoms with Gasteiger partial charge in [-0.2, -0.15) is 0 Å². The Labute approximate surface area is 286 Å². The van der Waals surface area contributed by atoms with Gasteiger partial charge in [0.05, 0.1) is 11.1 Å². The first kappa shape index (κ1) is 27.8. The Bertz CT molecular complexity index is 2830. The summed E-state index contributed by atoms with van der Waals surface area (Å²) in [5.74, 6) is 0. The van der Waals surface area contributed by atoms with Gasteiger partial charge in [0.15, 0.2) is 0 Å². The Hall–Kier alpha value is -6.23. The summed E-state index contributed by atoms with van der Waals surface area (Å²) >= 11 is 1.76. The van der Waals surface area contributed by atoms with Crippen LogP contribution in [0.2, 0.25) is 0 Å². The lowest BCUT2D eigenvalue weighted by Crippen LogP contribution is -2.10. The van der Waals surface area contributed by atoms with Crippen molar-refractivity contribution in [1.82, 2.24) is 4.98 Å². The normalized spacial score (nSPS) is 11.7. The Balaban J connectivity index is 1.12. The largest absolute Gasteiger partial charge is 0.456 e. The summed E-state index contributed by atoms with van der Waals surface area (Å²) in [6.07, 6.45) is 1.87. The van der Waals surface area contributed by atoms with Crippen LogP contribution in [0.25, 0.3) is 75.3 Å². The molecule has 0 atom stereocenters. The number of hydrogen-bond acceptors (Lipinski definition) is 4. The molecule has 0 bridgehead atoms. The fourth-order valence-corrected chi connectivity index (χ4v) is 8.37. The van der Waals surface area contributed by atoms with Gasteiger partial charge in [-0.1, -0.05) is 103 Å². The van der Waals surface area contributed by atoms with E-state index in [-0.39, 0.29) is 0 Å². The van der Waals surface area contributed by atoms with Crippen LogP contribution in [0.5, 0.6) is 0 Å². The number of aromatic nitrogens is 1. The van der Waals surface area contributed by atoms with E-state index >= 15 is 0 Å². The monoisotopic (exact) mass is 644 g/mol. The highest BCUT2D eigenvalue weighted by molar-refractivity contribution is 7.26. The molecule has 0 saturated carbocycles. The molecule has 10 aromatic rings. The first-order valence-corrected chi connectivity index (χ1v) is 17.3. The van der Waals surface area contributed by atoms with Gasteiger partial charge in [-0.25, -0.2) is 4.98 Å². The van der Waals surface area contributed by atoms with Gasteiger partial charge in [0, 0.05) is 38.4 Å². The second-order valence-electron chi connectivity index (χ2n) is 12.4. The summed E-state index contributed by atoms with van der Waals surface area (Å²) in [4.78, 5) is 8.06. The second kappa shape index (κ2) is 11.2. The molecule has 49 heavy (non-hydrogen) atoms. The lowest BCUT2D eigenvalue weighted by molar-refractivity contribution is 0.669. The maximum atomic E-state index is 6.34. The van der Waals surface area contributed by atoms with Gasteiger partial charge < -0.3 is 9.32 Å². The number of rotatable bonds is 5. The lowest BCUT2D eigenvalue weighted by Gasteiger charge is -2.26. The van der Waals surface area contributed by atoms with Crippen LogP contribution in [-0.2, 0) is 0 Å². The fourth-order valence-electron chi connectivity index (χ4n) is 7.19. The van der Waals surface area contributed by atoms with Crippen molar-refractivity contribution in [1.29, 1.82) is 0 Å². The number of benzene rings is 7. The van der Waals surface area contributed by atoms with Crippen molar-refractivity contribution in [3.8, 4) is 22.3 Å². The number of anilines is 3. The van der Waals surface area contributed by atoms with E-state index in [0.717, 1.165) is 43.8 Å². The predicted octanol–water partition coefficient (Wildman–Crippen LogP) is 13.3. The van der Waals surface area contributed by atoms with E-state index < -0.39 is 0 Å². The van der Waals surface area contributed by atoms with E-state index in [1.165, 1.54) is 48.5 Å². The molecule has 0 aliphatic rings. The van der Waals surface area contributed by atoms with Crippen LogP contribution >= 0.6 is 11.3 Å². The molecule has 3 heterocycles. The molecule has 0 N–H and O–H groups in total. The number of furan rings is 1. The average molecular weight is 645 g/mol. The molecule has 10 rings (SSSR count). The first-order chi connectivity index (χ1) is 24.3. The topological polar surface area (TPSA) is 29.3 Å². The summed E-state index contributed by atoms with van der Waals surface area (Å²) < 4.78 is 7.60. The van der Waals surface area contributed by atoms with Gasteiger partial charge in [-0.3, -0.25) is 0 Å². The van der Waals surface area contributed by atoms with E-state index in [0.29, 0.717) is 0 Å². The first-order valence-electron chi connectivity index (χ1n) is 16.4. The van der Waals surface area contributed by atoms with Crippen molar-refractivity contribution in [2.75, 3.05) is 4.90 Å². The molecular weight excluding hydrogens is 617 g/mol. The molecule has 0 spiro atoms. The molecule has 0 saturated heterocycles. The second-order valence-corrected chi connectivity index (χ2v) is 13.4. The van der Waals surface area contributed by atoms with Crippen molar-refractivity contribution in [3.05, 3.63) is 170 Å². The van der Waals surface area contributed by atoms with Crippen LogP contribution in [0.3, 0.4) is 0 Å². The standard InChI is InChI=1S/C45H28N2OS/c1-2-9-32-28-33(18-17-29(32)8-1)30-19-23-34(24-20-30)47(40-14-6-16-42-43(40)39-10-3-4-15-41(39)48-42)35-25-21-31(22-26-35)36-11-5-12-37-38-13-7-27-46-45(38)49-44(36)37/h1-28H. The van der Waals surface area contributed by atoms with Crippen molar-refractivity contribution < 1.29 is 4.42 Å². The molecule has 0 amide bonds. The zero-order chi connectivity index (χ0) is 32.3. The third-order valence-electron chi connectivity index (χ3n) is 9.54. The van der Waals surface area contributed by atoms with Gasteiger partial charge in [-0.15, -0.1) is 11.3 Å². The van der Waals surface area contributed by atoms with Gasteiger partial charge in [0.2, 0.25) is 0 Å². The third-order valence-corrected chi connectivity index (χ3v) is 10.7. The maximum absolute atomic E-state index is 6.34. The van der Waals surface area contributed by atoms with Crippen molar-refractivity contribution in [3.63, 3.8) is 0 Å². The zero-order valence-corrected chi connectivity index (χ0v) is 27.2. The SMILES string of the molecule is c1ccc2cc(-c3ccc(N(c4ccc(-c5cccc6c5sc5ncccc56)cc4)c4cccc5oc6ccccc6c45)cc3)ccc2c1. The smallest absolute Gasteiger partial charge is 0.137 e. The zero-order valence-electron chi connectivity index (χ0n) is 26.4. The minimum absolute atomic E-state index is 0.873. The molecule has 0 radical (unpaired) electrons. The van der Waals surface area contributed by atoms with Crippen LogP contribution in [0.4, 0.5) is 17.1 Å². The van der Waals surface area contributed by atoms with Crippen LogP contribution in [0.1, 0.15) is 0 Å². The maximum Gasteiger partial charge on any atom is 0.137 e. The molecular formula is C45H28N2OS. The van der Waals surface area contributed by atoms with Gasteiger partial charge in [0.25, 0.3) is 0 Å². The van der Waals surface area contributed by atoms with Crippen molar-refractivity contribution in [2.24, 2.45) is 0 Å². The molecule has 3 aromatic heterocycles. The Kier molecular flexibility index (Phi) is 6.36. The average Bonchev–Trinajstić information content (AvgIpc) is 3.74. The summed E-state index contributed by atoms with van der Waals surface area (Å²) in [6.45, 7) is 0. The molecule has 3 nitrogen and oxygen atoms in total. The molecule has 7 aromatic carbocycles. The van der Waals surface area contributed by atoms with E-state index in [1.54, 1.807) is 11.3 Å². The number of hydrogen-bond donors (Lipinski definition) is 0. The van der Waals surface area contributed by atoms with Crippen LogP contribution in [0, 0.1) is 0 Å². The Morgan fingerprint density at radius 2 is 1.16 bits per heavy atom. The van der Waals surface area contributed by atoms with E-state index in [9.17, 15) is 0 Å². The summed E-state index contributed by atoms with van der Waals surface area (Å²) in [6, 6.07) is 58.4. The lowest BCUT2D eigenvalue weighted by atomic mass is 10.00. The molecule has 4 heteroatoms. The molecule has 230 valence electrons. The quantitative estimate of drug-likeness (QED) is 0.187. The minimum Gasteiger partial charge on any atom is -0.456 e. The van der Waals surface area contributed by atoms with Gasteiger partial charge in [-0.05, 0) is 93.7 Å². The third kappa shape index (κ3) is 4.61.